The van der Waals surface area contributed by atoms with Crippen LogP contribution >= 0.6 is 11.8 Å². The average molecular weight is 517 g/mol. The smallest absolute Gasteiger partial charge is 0.238 e. The van der Waals surface area contributed by atoms with Crippen LogP contribution in [0.25, 0.3) is 11.0 Å². The summed E-state index contributed by atoms with van der Waals surface area (Å²) in [6.45, 7) is 11.5. The van der Waals surface area contributed by atoms with Gasteiger partial charge in [0.25, 0.3) is 0 Å². The quantitative estimate of drug-likeness (QED) is 0.425. The number of nitrogens with one attached hydrogen (secondary N) is 2. The van der Waals surface area contributed by atoms with Crippen LogP contribution in [0.1, 0.15) is 60.3 Å². The molecule has 1 amide bonds. The van der Waals surface area contributed by atoms with Crippen molar-refractivity contribution in [1.29, 1.82) is 0 Å². The predicted octanol–water partition coefficient (Wildman–Crippen LogP) is 0.00530. The topological polar surface area (TPSA) is 119 Å². The first kappa shape index (κ1) is 27.9. The van der Waals surface area contributed by atoms with Crippen LogP contribution in [-0.4, -0.2) is 46.7 Å². The zero-order valence-corrected chi connectivity index (χ0v) is 22.3. The fraction of sp³-hybridized carbons (Fsp3) is 0.636. The van der Waals surface area contributed by atoms with Gasteiger partial charge in [-0.1, -0.05) is 25.1 Å². The summed E-state index contributed by atoms with van der Waals surface area (Å²) in [6.07, 6.45) is 3.72. The number of imidazole rings is 1. The Morgan fingerprint density at radius 3 is 2.48 bits per heavy atom. The summed E-state index contributed by atoms with van der Waals surface area (Å²) in [5.74, 6) is 0.232. The molecule has 0 unspecified atom stereocenters. The number of thioether (sulfide) groups is 1. The number of nitrogens with two attached hydrogens (primary N) is 1. The predicted molar refractivity (Wildman–Crippen MR) is 129 cm³/mol. The van der Waals surface area contributed by atoms with Gasteiger partial charge in [0.2, 0.25) is 15.9 Å². The number of aromatic nitrogens is 2. The summed E-state index contributed by atoms with van der Waals surface area (Å²) < 4.78 is 25.5. The maximum Gasteiger partial charge on any atom is 0.238 e. The maximum atomic E-state index is 12.7. The molecule has 11 heteroatoms. The molecule has 1 aromatic carbocycles. The lowest BCUT2D eigenvalue weighted by atomic mass is 9.79. The van der Waals surface area contributed by atoms with E-state index in [9.17, 15) is 13.2 Å². The second kappa shape index (κ2) is 10.5. The number of nitrogens with zero attached hydrogens (tertiary/aromatic N) is 2. The average Bonchev–Trinajstić information content (AvgIpc) is 2.98. The number of primary sulfonamides is 1. The highest BCUT2D eigenvalue weighted by atomic mass is 35.5. The lowest BCUT2D eigenvalue weighted by Crippen LogP contribution is -3.00. The number of piperidine rings is 1. The number of hydrogen-bond donors (Lipinski definition) is 3. The zero-order chi connectivity index (χ0) is 23.7. The van der Waals surface area contributed by atoms with E-state index in [0.717, 1.165) is 37.7 Å². The Labute approximate surface area is 207 Å². The Morgan fingerprint density at radius 2 is 1.91 bits per heavy atom. The summed E-state index contributed by atoms with van der Waals surface area (Å²) in [5, 5.41) is 12.8. The monoisotopic (exact) mass is 516 g/mol. The molecule has 2 heterocycles. The number of fused-ring (bicyclic) bond motifs is 1. The molecular weight excluding hydrogens is 482 g/mol. The number of carbonyl (C=O) groups excluding carboxylic acids is 1. The van der Waals surface area contributed by atoms with Crippen LogP contribution in [0.5, 0.6) is 0 Å². The molecule has 1 aliphatic heterocycles. The van der Waals surface area contributed by atoms with Gasteiger partial charge in [-0.3, -0.25) is 4.79 Å². The van der Waals surface area contributed by atoms with Gasteiger partial charge >= 0.3 is 0 Å². The minimum Gasteiger partial charge on any atom is -1.00 e. The van der Waals surface area contributed by atoms with E-state index in [1.54, 1.807) is 6.07 Å². The molecule has 33 heavy (non-hydrogen) atoms. The number of unbranched alkanes of at least 4 members (excludes halogenated alkanes) is 1. The standard InChI is InChI=1S/C22H35N5O3S2.ClH/c1-6-7-10-27-18-9-8-16(32(23,29)30)11-17(18)25-20(27)31-14-19(28)24-15-12-21(2,3)26-22(4,5)13-15;/h8-9,11,15,26H,6-7,10,12-14H2,1-5H3,(H,24,28)(H2,23,29,30);1H/p-1. The molecule has 1 aliphatic rings. The number of carbonyl (C=O) groups is 1. The number of hydrogen-bond acceptors (Lipinski definition) is 6. The fourth-order valence-corrected chi connectivity index (χ4v) is 6.12. The lowest BCUT2D eigenvalue weighted by molar-refractivity contribution is -0.119. The van der Waals surface area contributed by atoms with Gasteiger partial charge in [-0.2, -0.15) is 0 Å². The summed E-state index contributed by atoms with van der Waals surface area (Å²) >= 11 is 1.38. The Balaban J connectivity index is 0.00000385. The molecule has 1 fully saturated rings. The minimum absolute atomic E-state index is 0. The normalized spacial score (nSPS) is 18.1. The first-order valence-corrected chi connectivity index (χ1v) is 13.6. The van der Waals surface area contributed by atoms with Crippen molar-refractivity contribution in [2.24, 2.45) is 5.14 Å². The highest BCUT2D eigenvalue weighted by Gasteiger charge is 2.38. The molecule has 0 spiro atoms. The molecule has 0 aliphatic carbocycles. The van der Waals surface area contributed by atoms with Crippen LogP contribution in [-0.2, 0) is 21.4 Å². The lowest BCUT2D eigenvalue weighted by Gasteiger charge is -2.46. The fourth-order valence-electron chi connectivity index (χ4n) is 4.73. The number of sulfonamides is 1. The second-order valence-electron chi connectivity index (χ2n) is 9.95. The molecule has 2 aromatic rings. The number of halogens is 1. The van der Waals surface area contributed by atoms with E-state index < -0.39 is 10.0 Å². The molecule has 0 saturated carbocycles. The Bertz CT molecular complexity index is 1080. The van der Waals surface area contributed by atoms with Gasteiger partial charge in [0, 0.05) is 23.7 Å². The summed E-state index contributed by atoms with van der Waals surface area (Å²) in [7, 11) is -3.80. The third kappa shape index (κ3) is 7.32. The van der Waals surface area contributed by atoms with E-state index in [2.05, 4.69) is 54.8 Å². The van der Waals surface area contributed by atoms with Gasteiger partial charge in [0.1, 0.15) is 0 Å². The van der Waals surface area contributed by atoms with Crippen molar-refractivity contribution in [3.05, 3.63) is 18.2 Å². The third-order valence-corrected chi connectivity index (χ3v) is 7.52. The molecule has 8 nitrogen and oxygen atoms in total. The largest absolute Gasteiger partial charge is 1.00 e. The van der Waals surface area contributed by atoms with Crippen molar-refractivity contribution in [1.82, 2.24) is 20.2 Å². The van der Waals surface area contributed by atoms with Crippen LogP contribution < -0.4 is 28.2 Å². The van der Waals surface area contributed by atoms with Crippen LogP contribution in [0.3, 0.4) is 0 Å². The summed E-state index contributed by atoms with van der Waals surface area (Å²) in [5.41, 5.74) is 1.33. The highest BCUT2D eigenvalue weighted by Crippen LogP contribution is 2.29. The van der Waals surface area contributed by atoms with Crippen molar-refractivity contribution >= 4 is 38.7 Å². The molecule has 0 bridgehead atoms. The van der Waals surface area contributed by atoms with Crippen molar-refractivity contribution in [2.45, 2.75) is 94.0 Å². The Hall–Kier alpha value is -1.33. The second-order valence-corrected chi connectivity index (χ2v) is 12.5. The van der Waals surface area contributed by atoms with Gasteiger partial charge in [-0.25, -0.2) is 18.5 Å². The van der Waals surface area contributed by atoms with Crippen molar-refractivity contribution in [3.63, 3.8) is 0 Å². The Kier molecular flexibility index (Phi) is 8.89. The Morgan fingerprint density at radius 1 is 1.27 bits per heavy atom. The van der Waals surface area contributed by atoms with Crippen molar-refractivity contribution in [2.75, 3.05) is 5.75 Å². The number of amides is 1. The maximum absolute atomic E-state index is 12.7. The van der Waals surface area contributed by atoms with Gasteiger partial charge in [0.05, 0.1) is 21.7 Å². The first-order chi connectivity index (χ1) is 14.8. The van der Waals surface area contributed by atoms with E-state index in [1.807, 2.05) is 0 Å². The molecule has 0 atom stereocenters. The number of aryl methyl sites for hydroxylation is 1. The van der Waals surface area contributed by atoms with E-state index in [-0.39, 0.29) is 46.1 Å². The van der Waals surface area contributed by atoms with E-state index >= 15 is 0 Å². The zero-order valence-electron chi connectivity index (χ0n) is 19.9. The van der Waals surface area contributed by atoms with Crippen molar-refractivity contribution in [3.8, 4) is 0 Å². The first-order valence-electron chi connectivity index (χ1n) is 11.0. The molecular formula is C22H35ClN5O3S2-. The van der Waals surface area contributed by atoms with Crippen molar-refractivity contribution < 1.29 is 25.6 Å². The summed E-state index contributed by atoms with van der Waals surface area (Å²) in [6, 6.07) is 4.85. The van der Waals surface area contributed by atoms with E-state index in [4.69, 9.17) is 5.14 Å². The van der Waals surface area contributed by atoms with Crippen LogP contribution in [0.4, 0.5) is 0 Å². The van der Waals surface area contributed by atoms with Crippen LogP contribution in [0.2, 0.25) is 0 Å². The highest BCUT2D eigenvalue weighted by molar-refractivity contribution is 7.99. The van der Waals surface area contributed by atoms with Gasteiger partial charge < -0.3 is 27.6 Å². The van der Waals surface area contributed by atoms with Crippen LogP contribution in [0, 0.1) is 0 Å². The SMILES string of the molecule is CCCCn1c(SCC(=O)NC2CC(C)(C)NC(C)(C)C2)nc2cc(S(N)(=O)=O)ccc21.[Cl-]. The molecule has 3 rings (SSSR count). The van der Waals surface area contributed by atoms with E-state index in [0.29, 0.717) is 10.7 Å². The van der Waals surface area contributed by atoms with Gasteiger partial charge in [-0.15, -0.1) is 0 Å². The molecule has 0 radical (unpaired) electrons. The summed E-state index contributed by atoms with van der Waals surface area (Å²) in [4.78, 5) is 17.4. The molecule has 1 saturated heterocycles. The van der Waals surface area contributed by atoms with Gasteiger partial charge in [-0.05, 0) is 65.2 Å². The molecule has 1 aromatic heterocycles. The van der Waals surface area contributed by atoms with E-state index in [1.165, 1.54) is 23.9 Å². The molecule has 4 N–H and O–H groups in total. The van der Waals surface area contributed by atoms with Gasteiger partial charge in [0.15, 0.2) is 5.16 Å². The number of benzene rings is 1. The number of rotatable bonds is 8. The van der Waals surface area contributed by atoms with Crippen LogP contribution in [0.15, 0.2) is 28.3 Å². The third-order valence-electron chi connectivity index (χ3n) is 5.64. The molecule has 186 valence electrons. The minimum atomic E-state index is -3.80.